The zero-order valence-corrected chi connectivity index (χ0v) is 9.65. The topological polar surface area (TPSA) is 87.0 Å². The van der Waals surface area contributed by atoms with Gasteiger partial charge in [-0.15, -0.1) is 0 Å². The molecule has 0 fully saturated rings. The number of aliphatic hydroxyl groups excluding tert-OH is 2. The van der Waals surface area contributed by atoms with E-state index in [1.165, 1.54) is 6.26 Å². The van der Waals surface area contributed by atoms with Gasteiger partial charge in [0, 0.05) is 12.3 Å². The van der Waals surface area contributed by atoms with E-state index in [0.717, 1.165) is 6.92 Å². The molecule has 0 heterocycles. The van der Waals surface area contributed by atoms with E-state index in [1.807, 2.05) is 6.92 Å². The normalized spacial score (nSPS) is 11.4. The van der Waals surface area contributed by atoms with Gasteiger partial charge >= 0.3 is 0 Å². The molecule has 3 N–H and O–H groups in total. The standard InChI is InChI=1S/C8H16O3.C2H4O2/c1-4-11-5-7(10)8(2,3)6-9;1-2(3)4/h5,9-10H,4,6H2,1-3H3;1H3,(H,3,4)/b7-5+;. The van der Waals surface area contributed by atoms with Crippen LogP contribution in [0.3, 0.4) is 0 Å². The molecule has 0 unspecified atom stereocenters. The highest BCUT2D eigenvalue weighted by molar-refractivity contribution is 5.62. The average Bonchev–Trinajstić information content (AvgIpc) is 2.13. The van der Waals surface area contributed by atoms with Crippen LogP contribution in [0.1, 0.15) is 27.7 Å². The van der Waals surface area contributed by atoms with Crippen molar-refractivity contribution in [2.24, 2.45) is 5.41 Å². The Morgan fingerprint density at radius 2 is 1.80 bits per heavy atom. The highest BCUT2D eigenvalue weighted by Gasteiger charge is 2.22. The molecule has 0 aliphatic rings. The fraction of sp³-hybridized carbons (Fsp3) is 0.700. The molecule has 0 aliphatic carbocycles. The van der Waals surface area contributed by atoms with Crippen molar-refractivity contribution in [3.05, 3.63) is 12.0 Å². The Labute approximate surface area is 90.0 Å². The second-order valence-electron chi connectivity index (χ2n) is 3.52. The first-order valence-electron chi connectivity index (χ1n) is 4.59. The number of ether oxygens (including phenoxy) is 1. The Kier molecular flexibility index (Phi) is 8.76. The molecule has 0 bridgehead atoms. The molecule has 5 heteroatoms. The summed E-state index contributed by atoms with van der Waals surface area (Å²) < 4.78 is 4.86. The number of aliphatic carboxylic acids is 1. The van der Waals surface area contributed by atoms with E-state index in [0.29, 0.717) is 6.61 Å². The number of carboxylic acid groups (broad SMARTS) is 1. The van der Waals surface area contributed by atoms with Crippen LogP contribution in [0.2, 0.25) is 0 Å². The maximum atomic E-state index is 9.28. The van der Waals surface area contributed by atoms with Gasteiger partial charge < -0.3 is 20.1 Å². The fourth-order valence-corrected chi connectivity index (χ4v) is 0.403. The van der Waals surface area contributed by atoms with Gasteiger partial charge in [-0.05, 0) is 6.92 Å². The molecule has 0 rings (SSSR count). The lowest BCUT2D eigenvalue weighted by Gasteiger charge is -2.19. The van der Waals surface area contributed by atoms with E-state index in [1.54, 1.807) is 13.8 Å². The van der Waals surface area contributed by atoms with Crippen molar-refractivity contribution in [3.8, 4) is 0 Å². The summed E-state index contributed by atoms with van der Waals surface area (Å²) in [5.41, 5.74) is -0.602. The minimum Gasteiger partial charge on any atom is -0.508 e. The first kappa shape index (κ1) is 16.2. The number of carbonyl (C=O) groups is 1. The monoisotopic (exact) mass is 220 g/mol. The molecule has 0 aromatic heterocycles. The van der Waals surface area contributed by atoms with Crippen LogP contribution in [0, 0.1) is 5.41 Å². The lowest BCUT2D eigenvalue weighted by atomic mass is 9.93. The number of rotatable bonds is 4. The lowest BCUT2D eigenvalue weighted by molar-refractivity contribution is -0.134. The third kappa shape index (κ3) is 10.7. The summed E-state index contributed by atoms with van der Waals surface area (Å²) in [6.45, 7) is 6.80. The Morgan fingerprint density at radius 1 is 1.40 bits per heavy atom. The van der Waals surface area contributed by atoms with Crippen molar-refractivity contribution in [1.29, 1.82) is 0 Å². The summed E-state index contributed by atoms with van der Waals surface area (Å²) in [7, 11) is 0. The van der Waals surface area contributed by atoms with E-state index >= 15 is 0 Å². The Morgan fingerprint density at radius 3 is 2.07 bits per heavy atom. The van der Waals surface area contributed by atoms with Gasteiger partial charge in [-0.25, -0.2) is 0 Å². The van der Waals surface area contributed by atoms with Gasteiger partial charge in [0.2, 0.25) is 0 Å². The number of aliphatic hydroxyl groups is 2. The second kappa shape index (κ2) is 8.11. The van der Waals surface area contributed by atoms with Gasteiger partial charge in [-0.3, -0.25) is 4.79 Å². The van der Waals surface area contributed by atoms with Gasteiger partial charge in [-0.1, -0.05) is 13.8 Å². The Hall–Kier alpha value is -1.23. The van der Waals surface area contributed by atoms with E-state index < -0.39 is 11.4 Å². The van der Waals surface area contributed by atoms with Crippen LogP contribution in [-0.4, -0.2) is 34.5 Å². The Balaban J connectivity index is 0. The maximum absolute atomic E-state index is 9.28. The van der Waals surface area contributed by atoms with Crippen molar-refractivity contribution in [3.63, 3.8) is 0 Å². The quantitative estimate of drug-likeness (QED) is 0.625. The van der Waals surface area contributed by atoms with Gasteiger partial charge in [0.05, 0.1) is 13.2 Å². The number of carboxylic acids is 1. The van der Waals surface area contributed by atoms with Crippen molar-refractivity contribution >= 4 is 5.97 Å². The molecular formula is C10H20O5. The molecule has 0 aromatic rings. The minimum atomic E-state index is -0.833. The molecule has 0 radical (unpaired) electrons. The highest BCUT2D eigenvalue weighted by atomic mass is 16.5. The molecule has 5 nitrogen and oxygen atoms in total. The third-order valence-electron chi connectivity index (χ3n) is 1.45. The third-order valence-corrected chi connectivity index (χ3v) is 1.45. The van der Waals surface area contributed by atoms with Crippen molar-refractivity contribution in [1.82, 2.24) is 0 Å². The van der Waals surface area contributed by atoms with Crippen LogP contribution >= 0.6 is 0 Å². The molecule has 0 saturated heterocycles. The van der Waals surface area contributed by atoms with Gasteiger partial charge in [-0.2, -0.15) is 0 Å². The fourth-order valence-electron chi connectivity index (χ4n) is 0.403. The molecule has 0 amide bonds. The summed E-state index contributed by atoms with van der Waals surface area (Å²) in [5, 5.41) is 25.5. The predicted octanol–water partition coefficient (Wildman–Crippen LogP) is 1.53. The molecule has 0 saturated carbocycles. The second-order valence-corrected chi connectivity index (χ2v) is 3.52. The maximum Gasteiger partial charge on any atom is 0.300 e. The summed E-state index contributed by atoms with van der Waals surface area (Å²) in [6, 6.07) is 0. The van der Waals surface area contributed by atoms with Crippen LogP contribution in [0.4, 0.5) is 0 Å². The van der Waals surface area contributed by atoms with Crippen molar-refractivity contribution in [2.75, 3.05) is 13.2 Å². The molecule has 0 aromatic carbocycles. The van der Waals surface area contributed by atoms with Crippen LogP contribution in [0.25, 0.3) is 0 Å². The zero-order chi connectivity index (χ0) is 12.5. The van der Waals surface area contributed by atoms with Gasteiger partial charge in [0.25, 0.3) is 5.97 Å². The first-order chi connectivity index (χ1) is 6.77. The van der Waals surface area contributed by atoms with Crippen LogP contribution in [0.15, 0.2) is 12.0 Å². The predicted molar refractivity (Wildman–Crippen MR) is 56.5 cm³/mol. The van der Waals surface area contributed by atoms with E-state index in [-0.39, 0.29) is 12.4 Å². The Bertz CT molecular complexity index is 204. The summed E-state index contributed by atoms with van der Waals surface area (Å²) in [6.07, 6.45) is 1.27. The van der Waals surface area contributed by atoms with Crippen LogP contribution in [0.5, 0.6) is 0 Å². The van der Waals surface area contributed by atoms with Gasteiger partial charge in [0.15, 0.2) is 0 Å². The molecule has 90 valence electrons. The number of hydrogen-bond donors (Lipinski definition) is 3. The summed E-state index contributed by atoms with van der Waals surface area (Å²) in [4.78, 5) is 9.00. The molecule has 0 aliphatic heterocycles. The van der Waals surface area contributed by atoms with Crippen LogP contribution in [-0.2, 0) is 9.53 Å². The average molecular weight is 220 g/mol. The minimum absolute atomic E-state index is 0.0712. The van der Waals surface area contributed by atoms with Gasteiger partial charge in [0.1, 0.15) is 12.0 Å². The van der Waals surface area contributed by atoms with E-state index in [4.69, 9.17) is 19.7 Å². The van der Waals surface area contributed by atoms with E-state index in [9.17, 15) is 5.11 Å². The van der Waals surface area contributed by atoms with E-state index in [2.05, 4.69) is 0 Å². The van der Waals surface area contributed by atoms with Crippen molar-refractivity contribution < 1.29 is 24.9 Å². The largest absolute Gasteiger partial charge is 0.508 e. The van der Waals surface area contributed by atoms with Crippen LogP contribution < -0.4 is 0 Å². The SMILES string of the molecule is CC(=O)O.CCO/C=C(/O)C(C)(C)CO. The first-order valence-corrected chi connectivity index (χ1v) is 4.59. The summed E-state index contributed by atoms with van der Waals surface area (Å²) >= 11 is 0. The zero-order valence-electron chi connectivity index (χ0n) is 9.65. The smallest absolute Gasteiger partial charge is 0.300 e. The molecule has 15 heavy (non-hydrogen) atoms. The molecular weight excluding hydrogens is 200 g/mol. The molecule has 0 spiro atoms. The lowest BCUT2D eigenvalue weighted by Crippen LogP contribution is -2.19. The summed E-state index contributed by atoms with van der Waals surface area (Å²) in [5.74, 6) is -0.762. The molecule has 0 atom stereocenters. The highest BCUT2D eigenvalue weighted by Crippen LogP contribution is 2.22. The number of hydrogen-bond acceptors (Lipinski definition) is 4. The van der Waals surface area contributed by atoms with Crippen molar-refractivity contribution in [2.45, 2.75) is 27.7 Å².